The zero-order valence-corrected chi connectivity index (χ0v) is 10.5. The Morgan fingerprint density at radius 1 is 1.19 bits per heavy atom. The highest BCUT2D eigenvalue weighted by atomic mass is 32.2. The minimum absolute atomic E-state index is 0.381. The first-order valence-corrected chi connectivity index (χ1v) is 6.76. The van der Waals surface area contributed by atoms with Gasteiger partial charge in [-0.05, 0) is 38.1 Å². The third-order valence-corrected chi connectivity index (χ3v) is 4.96. The van der Waals surface area contributed by atoms with Crippen molar-refractivity contribution in [2.24, 2.45) is 7.05 Å². The Kier molecular flexibility index (Phi) is 2.54. The molecule has 0 aliphatic heterocycles. The van der Waals surface area contributed by atoms with E-state index in [1.807, 2.05) is 29.9 Å². The van der Waals surface area contributed by atoms with Gasteiger partial charge in [0.15, 0.2) is 9.84 Å². The number of hydrogen-bond acceptors (Lipinski definition) is 2. The van der Waals surface area contributed by atoms with Crippen LogP contribution in [0, 0.1) is 0 Å². The first kappa shape index (κ1) is 11.2. The summed E-state index contributed by atoms with van der Waals surface area (Å²) in [5.74, 6) is 0. The number of benzene rings is 1. The molecule has 0 spiro atoms. The second kappa shape index (κ2) is 3.63. The van der Waals surface area contributed by atoms with Crippen LogP contribution in [0.2, 0.25) is 0 Å². The summed E-state index contributed by atoms with van der Waals surface area (Å²) < 4.78 is 25.9. The normalized spacial score (nSPS) is 12.5. The topological polar surface area (TPSA) is 39.1 Å². The van der Waals surface area contributed by atoms with Gasteiger partial charge in [-0.3, -0.25) is 0 Å². The van der Waals surface area contributed by atoms with Crippen LogP contribution in [0.25, 0.3) is 10.9 Å². The van der Waals surface area contributed by atoms with Gasteiger partial charge in [-0.1, -0.05) is 0 Å². The van der Waals surface area contributed by atoms with Gasteiger partial charge >= 0.3 is 0 Å². The zero-order chi connectivity index (χ0) is 11.9. The number of fused-ring (bicyclic) bond motifs is 1. The molecule has 0 atom stereocenters. The van der Waals surface area contributed by atoms with E-state index in [-0.39, 0.29) is 5.25 Å². The van der Waals surface area contributed by atoms with E-state index in [0.29, 0.717) is 4.90 Å². The average molecular weight is 237 g/mol. The first-order valence-electron chi connectivity index (χ1n) is 5.22. The van der Waals surface area contributed by atoms with Gasteiger partial charge in [0.1, 0.15) is 0 Å². The lowest BCUT2D eigenvalue weighted by molar-refractivity contribution is 0.587. The molecular formula is C12H15NO2S. The van der Waals surface area contributed by atoms with Crippen LogP contribution in [0.4, 0.5) is 0 Å². The second-order valence-corrected chi connectivity index (χ2v) is 6.75. The van der Waals surface area contributed by atoms with Gasteiger partial charge < -0.3 is 4.57 Å². The van der Waals surface area contributed by atoms with Gasteiger partial charge in [0.2, 0.25) is 0 Å². The predicted octanol–water partition coefficient (Wildman–Crippen LogP) is 2.36. The minimum Gasteiger partial charge on any atom is -0.351 e. The summed E-state index contributed by atoms with van der Waals surface area (Å²) in [4.78, 5) is 0.404. The highest BCUT2D eigenvalue weighted by Gasteiger charge is 2.19. The largest absolute Gasteiger partial charge is 0.351 e. The van der Waals surface area contributed by atoms with E-state index < -0.39 is 9.84 Å². The van der Waals surface area contributed by atoms with Gasteiger partial charge in [0.25, 0.3) is 0 Å². The maximum absolute atomic E-state index is 12.0. The molecule has 0 bridgehead atoms. The summed E-state index contributed by atoms with van der Waals surface area (Å²) in [6.45, 7) is 3.40. The number of sulfone groups is 1. The van der Waals surface area contributed by atoms with Gasteiger partial charge in [-0.25, -0.2) is 8.42 Å². The van der Waals surface area contributed by atoms with Crippen LogP contribution in [0.5, 0.6) is 0 Å². The molecule has 0 aliphatic rings. The van der Waals surface area contributed by atoms with Crippen LogP contribution in [0.1, 0.15) is 13.8 Å². The smallest absolute Gasteiger partial charge is 0.180 e. The standard InChI is InChI=1S/C12H15NO2S/c1-9(2)16(14,15)11-4-5-12-10(8-11)6-7-13(12)3/h4-9H,1-3H3. The summed E-state index contributed by atoms with van der Waals surface area (Å²) >= 11 is 0. The molecule has 16 heavy (non-hydrogen) atoms. The van der Waals surface area contributed by atoms with Gasteiger partial charge in [0, 0.05) is 24.1 Å². The summed E-state index contributed by atoms with van der Waals surface area (Å²) in [5, 5.41) is 0.581. The van der Waals surface area contributed by atoms with Crippen molar-refractivity contribution in [3.05, 3.63) is 30.5 Å². The summed E-state index contributed by atoms with van der Waals surface area (Å²) in [5.41, 5.74) is 1.04. The van der Waals surface area contributed by atoms with Crippen molar-refractivity contribution in [3.8, 4) is 0 Å². The van der Waals surface area contributed by atoms with E-state index in [2.05, 4.69) is 0 Å². The maximum Gasteiger partial charge on any atom is 0.180 e. The molecule has 86 valence electrons. The lowest BCUT2D eigenvalue weighted by atomic mass is 10.2. The van der Waals surface area contributed by atoms with Crippen molar-refractivity contribution in [1.29, 1.82) is 0 Å². The molecular weight excluding hydrogens is 222 g/mol. The van der Waals surface area contributed by atoms with Crippen molar-refractivity contribution < 1.29 is 8.42 Å². The van der Waals surface area contributed by atoms with E-state index in [4.69, 9.17) is 0 Å². The number of aryl methyl sites for hydroxylation is 1. The van der Waals surface area contributed by atoms with E-state index in [0.717, 1.165) is 10.9 Å². The fourth-order valence-corrected chi connectivity index (χ4v) is 2.80. The van der Waals surface area contributed by atoms with E-state index in [9.17, 15) is 8.42 Å². The molecule has 0 fully saturated rings. The van der Waals surface area contributed by atoms with Crippen molar-refractivity contribution in [2.75, 3.05) is 0 Å². The van der Waals surface area contributed by atoms with Crippen LogP contribution >= 0.6 is 0 Å². The lowest BCUT2D eigenvalue weighted by Gasteiger charge is -2.07. The number of aromatic nitrogens is 1. The van der Waals surface area contributed by atoms with Crippen molar-refractivity contribution in [2.45, 2.75) is 24.0 Å². The van der Waals surface area contributed by atoms with Gasteiger partial charge in [-0.15, -0.1) is 0 Å². The fourth-order valence-electron chi connectivity index (χ4n) is 1.71. The quantitative estimate of drug-likeness (QED) is 0.804. The summed E-state index contributed by atoms with van der Waals surface area (Å²) in [6, 6.07) is 7.20. The Morgan fingerprint density at radius 2 is 1.88 bits per heavy atom. The summed E-state index contributed by atoms with van der Waals surface area (Å²) in [7, 11) is -1.22. The highest BCUT2D eigenvalue weighted by Crippen LogP contribution is 2.22. The van der Waals surface area contributed by atoms with Crippen LogP contribution in [0.15, 0.2) is 35.4 Å². The molecule has 0 saturated heterocycles. The Labute approximate surface area is 95.6 Å². The number of rotatable bonds is 2. The Hall–Kier alpha value is -1.29. The maximum atomic E-state index is 12.0. The Morgan fingerprint density at radius 3 is 2.50 bits per heavy atom. The third kappa shape index (κ3) is 1.63. The number of hydrogen-bond donors (Lipinski definition) is 0. The van der Waals surface area contributed by atoms with Crippen LogP contribution in [-0.4, -0.2) is 18.2 Å². The zero-order valence-electron chi connectivity index (χ0n) is 9.64. The molecule has 0 amide bonds. The van der Waals surface area contributed by atoms with Crippen molar-refractivity contribution in [3.63, 3.8) is 0 Å². The first-order chi connectivity index (χ1) is 7.43. The highest BCUT2D eigenvalue weighted by molar-refractivity contribution is 7.92. The van der Waals surface area contributed by atoms with E-state index in [1.165, 1.54) is 0 Å². The van der Waals surface area contributed by atoms with Gasteiger partial charge in [0.05, 0.1) is 10.1 Å². The average Bonchev–Trinajstić information content (AvgIpc) is 2.60. The molecule has 3 nitrogen and oxygen atoms in total. The van der Waals surface area contributed by atoms with Crippen LogP contribution in [-0.2, 0) is 16.9 Å². The lowest BCUT2D eigenvalue weighted by Crippen LogP contribution is -2.13. The third-order valence-electron chi connectivity index (χ3n) is 2.81. The van der Waals surface area contributed by atoms with Gasteiger partial charge in [-0.2, -0.15) is 0 Å². The molecule has 1 heterocycles. The molecule has 0 saturated carbocycles. The van der Waals surface area contributed by atoms with Crippen molar-refractivity contribution >= 4 is 20.7 Å². The molecule has 2 aromatic rings. The predicted molar refractivity (Wildman–Crippen MR) is 65.2 cm³/mol. The minimum atomic E-state index is -3.17. The summed E-state index contributed by atoms with van der Waals surface area (Å²) in [6.07, 6.45) is 1.93. The monoisotopic (exact) mass is 237 g/mol. The van der Waals surface area contributed by atoms with Crippen LogP contribution < -0.4 is 0 Å². The Balaban J connectivity index is 2.65. The van der Waals surface area contributed by atoms with Crippen molar-refractivity contribution in [1.82, 2.24) is 4.57 Å². The number of nitrogens with zero attached hydrogens (tertiary/aromatic N) is 1. The molecule has 0 radical (unpaired) electrons. The fraction of sp³-hybridized carbons (Fsp3) is 0.333. The molecule has 0 unspecified atom stereocenters. The SMILES string of the molecule is CC(C)S(=O)(=O)c1ccc2c(ccn2C)c1. The van der Waals surface area contributed by atoms with E-state index >= 15 is 0 Å². The molecule has 4 heteroatoms. The molecule has 2 rings (SSSR count). The molecule has 0 aliphatic carbocycles. The molecule has 0 N–H and O–H groups in total. The van der Waals surface area contributed by atoms with Crippen LogP contribution in [0.3, 0.4) is 0 Å². The molecule has 1 aromatic heterocycles. The second-order valence-electron chi connectivity index (χ2n) is 4.24. The van der Waals surface area contributed by atoms with E-state index in [1.54, 1.807) is 26.0 Å². The Bertz CT molecular complexity index is 624. The molecule has 1 aromatic carbocycles.